The van der Waals surface area contributed by atoms with Gasteiger partial charge in [0.05, 0.1) is 0 Å². The lowest BCUT2D eigenvalue weighted by atomic mass is 9.91. The van der Waals surface area contributed by atoms with Crippen LogP contribution in [0.2, 0.25) is 0 Å². The van der Waals surface area contributed by atoms with Gasteiger partial charge in [-0.3, -0.25) is 0 Å². The minimum Gasteiger partial charge on any atom is -0.208 e. The summed E-state index contributed by atoms with van der Waals surface area (Å²) < 4.78 is 7.90. The molecule has 0 atom stereocenters. The summed E-state index contributed by atoms with van der Waals surface area (Å²) in [5, 5.41) is 14.9. The Hall–Kier alpha value is -17.9. The Labute approximate surface area is 825 Å². The Morgan fingerprint density at radius 1 is 0.106 bits per heavy atom. The van der Waals surface area contributed by atoms with Gasteiger partial charge in [0.15, 0.2) is 52.4 Å². The number of fused-ring (bicyclic) bond motifs is 12. The van der Waals surface area contributed by atoms with Crippen LogP contribution < -0.4 is 0 Å². The average molecular weight is 1850 g/mol. The summed E-state index contributed by atoms with van der Waals surface area (Å²) in [5.41, 5.74) is 23.1. The smallest absolute Gasteiger partial charge is 0.164 e. The fourth-order valence-electron chi connectivity index (χ4n) is 19.4. The van der Waals surface area contributed by atoms with Gasteiger partial charge in [-0.25, -0.2) is 44.9 Å². The molecule has 12 heteroatoms. The highest BCUT2D eigenvalue weighted by Gasteiger charge is 2.24. The van der Waals surface area contributed by atoms with Crippen LogP contribution in [0.1, 0.15) is 0 Å². The molecule has 0 saturated carbocycles. The molecule has 0 fully saturated rings. The highest BCUT2D eigenvalue weighted by Crippen LogP contribution is 2.48. The van der Waals surface area contributed by atoms with E-state index in [4.69, 9.17) is 44.9 Å². The van der Waals surface area contributed by atoms with Crippen molar-refractivity contribution >= 4 is 127 Å². The fraction of sp³-hybridized carbons (Fsp3) is 0. The van der Waals surface area contributed by atoms with E-state index in [2.05, 4.69) is 334 Å². The Morgan fingerprint density at radius 2 is 0.333 bits per heavy atom. The second-order valence-corrected chi connectivity index (χ2v) is 38.0. The molecule has 141 heavy (non-hydrogen) atoms. The van der Waals surface area contributed by atoms with Gasteiger partial charge in [0, 0.05) is 116 Å². The summed E-state index contributed by atoms with van der Waals surface area (Å²) in [6.45, 7) is 0. The quantitative estimate of drug-likeness (QED) is 0.0989. The van der Waals surface area contributed by atoms with Crippen molar-refractivity contribution < 1.29 is 0 Å². The fourth-order valence-corrected chi connectivity index (χ4v) is 23.0. The second-order valence-electron chi connectivity index (χ2n) is 34.8. The van der Waals surface area contributed by atoms with Gasteiger partial charge in [-0.2, -0.15) is 0 Å². The van der Waals surface area contributed by atoms with Gasteiger partial charge < -0.3 is 0 Å². The van der Waals surface area contributed by atoms with Gasteiger partial charge in [0.2, 0.25) is 0 Å². The molecule has 21 aromatic carbocycles. The molecule has 0 radical (unpaired) electrons. The lowest BCUT2D eigenvalue weighted by Crippen LogP contribution is -2.00. The van der Waals surface area contributed by atoms with E-state index < -0.39 is 0 Å². The summed E-state index contributed by atoms with van der Waals surface area (Å²) in [4.78, 5) is 44.8. The van der Waals surface area contributed by atoms with Gasteiger partial charge in [-0.1, -0.05) is 449 Å². The third-order valence-electron chi connectivity index (χ3n) is 26.3. The number of nitrogens with zero attached hydrogens (tertiary/aromatic N) is 9. The zero-order valence-electron chi connectivity index (χ0n) is 76.0. The average Bonchev–Trinajstić information content (AvgIpc) is 1.68. The monoisotopic (exact) mass is 1850 g/mol. The molecule has 0 aliphatic carbocycles. The Bertz CT molecular complexity index is 9290. The van der Waals surface area contributed by atoms with Crippen molar-refractivity contribution in [2.45, 2.75) is 0 Å². The predicted octanol–water partition coefficient (Wildman–Crippen LogP) is 35.2. The maximum Gasteiger partial charge on any atom is 0.164 e. The van der Waals surface area contributed by atoms with Crippen molar-refractivity contribution in [1.29, 1.82) is 0 Å². The molecule has 0 saturated heterocycles. The normalized spacial score (nSPS) is 11.4. The number of hydrogen-bond acceptors (Lipinski definition) is 12. The lowest BCUT2D eigenvalue weighted by Gasteiger charge is -2.14. The second kappa shape index (κ2) is 37.3. The summed E-state index contributed by atoms with van der Waals surface area (Å²) in [6, 6.07) is 172. The highest BCUT2D eigenvalue weighted by molar-refractivity contribution is 7.27. The van der Waals surface area contributed by atoms with Crippen LogP contribution in [0.3, 0.4) is 0 Å². The Morgan fingerprint density at radius 3 is 0.738 bits per heavy atom. The van der Waals surface area contributed by atoms with Gasteiger partial charge in [0.25, 0.3) is 0 Å². The molecular formula is C129H81N9S3. The Kier molecular flexibility index (Phi) is 22.4. The molecule has 0 amide bonds. The third-order valence-corrected chi connectivity index (χ3v) is 29.9. The maximum absolute atomic E-state index is 5.10. The van der Waals surface area contributed by atoms with E-state index in [1.54, 1.807) is 0 Å². The van der Waals surface area contributed by atoms with E-state index in [0.29, 0.717) is 52.4 Å². The molecule has 0 spiro atoms. The summed E-state index contributed by atoms with van der Waals surface area (Å²) in [6.07, 6.45) is 0. The van der Waals surface area contributed by atoms with Gasteiger partial charge in [0.1, 0.15) is 0 Å². The van der Waals surface area contributed by atoms with Gasteiger partial charge in [-0.15, -0.1) is 34.0 Å². The highest BCUT2D eigenvalue weighted by atomic mass is 32.1. The zero-order valence-corrected chi connectivity index (χ0v) is 78.5. The first kappa shape index (κ1) is 84.8. The molecule has 27 aromatic rings. The molecule has 27 rings (SSSR count). The molecule has 660 valence electrons. The SMILES string of the molecule is c1ccc(-c2ccc(-c3nc(-c4ccccc4)nc(-c4ccc(-c5ccc6c(c5)sc5ccccc56)c5ccccc45)n3)cc2)cc1.c1ccc(-c2nc(-c3ccccc3)nc(-c3ccc(-c4ccc(-c5cccc6c5sc5ccccc56)c5ccccc45)cc3)n2)cc1.c1ccc(-c2nc(-c3ccccc3)nc(-c3ccc(-c4cccc(-c5cccc6c5sc5ccccc56)c4)c4ccccc34)n2)cc1. The van der Waals surface area contributed by atoms with Gasteiger partial charge in [-0.05, 0) is 136 Å². The first-order valence-corrected chi connectivity index (χ1v) is 49.5. The Balaban J connectivity index is 0.000000111. The molecule has 0 bridgehead atoms. The maximum atomic E-state index is 5.10. The minimum absolute atomic E-state index is 0.650. The molecule has 0 N–H and O–H groups in total. The first-order valence-electron chi connectivity index (χ1n) is 47.1. The number of aromatic nitrogens is 9. The third kappa shape index (κ3) is 16.6. The van der Waals surface area contributed by atoms with Crippen LogP contribution in [0.4, 0.5) is 0 Å². The summed E-state index contributed by atoms with van der Waals surface area (Å²) in [7, 11) is 0. The minimum atomic E-state index is 0.650. The molecule has 0 aliphatic heterocycles. The van der Waals surface area contributed by atoms with E-state index >= 15 is 0 Å². The van der Waals surface area contributed by atoms with Crippen molar-refractivity contribution in [3.05, 3.63) is 491 Å². The van der Waals surface area contributed by atoms with Gasteiger partial charge >= 0.3 is 0 Å². The number of thiophene rings is 3. The van der Waals surface area contributed by atoms with E-state index in [-0.39, 0.29) is 0 Å². The largest absolute Gasteiger partial charge is 0.208 e. The standard InChI is InChI=1S/3C43H27N3S/c1-3-13-28(14-4-1)41-44-42(29-15-5-2-6-16-29)46-43(45-41)38-26-25-32(34-19-7-8-20-35(34)38)30-17-11-18-31(27-30)33-22-12-23-37-36-21-9-10-24-39(36)47-40(33)37;1-3-12-29(13-4-1)41-44-42(30-14-5-2-6-15-30)46-43(45-41)31-24-22-28(23-25-31)32-26-27-35(34-17-8-7-16-33(32)34)37-19-11-20-38-36-18-9-10-21-39(36)47-40(37)38;1-3-11-28(12-4-1)29-19-21-31(22-20-29)42-44-41(30-13-5-2-6-14-30)45-43(46-42)38-26-25-33(34-15-7-8-16-35(34)38)32-23-24-37-36-17-9-10-18-39(36)47-40(37)27-32/h3*1-27H. The molecular weight excluding hydrogens is 1770 g/mol. The zero-order chi connectivity index (χ0) is 93.5. The van der Waals surface area contributed by atoms with Crippen molar-refractivity contribution in [3.8, 4) is 169 Å². The molecule has 9 nitrogen and oxygen atoms in total. The summed E-state index contributed by atoms with van der Waals surface area (Å²) in [5.74, 6) is 5.91. The van der Waals surface area contributed by atoms with E-state index in [9.17, 15) is 0 Å². The van der Waals surface area contributed by atoms with Crippen molar-refractivity contribution in [2.75, 3.05) is 0 Å². The van der Waals surface area contributed by atoms with E-state index in [1.807, 2.05) is 192 Å². The van der Waals surface area contributed by atoms with Crippen molar-refractivity contribution in [3.63, 3.8) is 0 Å². The van der Waals surface area contributed by atoms with Crippen LogP contribution in [0.15, 0.2) is 491 Å². The number of hydrogen-bond donors (Lipinski definition) is 0. The first-order chi connectivity index (χ1) is 69.9. The van der Waals surface area contributed by atoms with Crippen LogP contribution in [0.5, 0.6) is 0 Å². The van der Waals surface area contributed by atoms with E-state index in [0.717, 1.165) is 77.4 Å². The van der Waals surface area contributed by atoms with Crippen LogP contribution >= 0.6 is 34.0 Å². The van der Waals surface area contributed by atoms with Crippen LogP contribution in [0.25, 0.3) is 262 Å². The van der Waals surface area contributed by atoms with Crippen LogP contribution in [-0.2, 0) is 0 Å². The predicted molar refractivity (Wildman–Crippen MR) is 592 cm³/mol. The topological polar surface area (TPSA) is 116 Å². The molecule has 0 aliphatic rings. The molecule has 0 unspecified atom stereocenters. The number of benzene rings is 21. The molecule has 6 aromatic heterocycles. The summed E-state index contributed by atoms with van der Waals surface area (Å²) >= 11 is 5.59. The van der Waals surface area contributed by atoms with E-state index in [1.165, 1.54) is 132 Å². The van der Waals surface area contributed by atoms with Crippen LogP contribution in [0, 0.1) is 0 Å². The molecule has 6 heterocycles. The van der Waals surface area contributed by atoms with Crippen molar-refractivity contribution in [1.82, 2.24) is 44.9 Å². The van der Waals surface area contributed by atoms with Crippen molar-refractivity contribution in [2.24, 2.45) is 0 Å². The number of rotatable bonds is 15. The lowest BCUT2D eigenvalue weighted by molar-refractivity contribution is 1.07. The van der Waals surface area contributed by atoms with Crippen LogP contribution in [-0.4, -0.2) is 44.9 Å².